The van der Waals surface area contributed by atoms with E-state index in [9.17, 15) is 19.7 Å². The van der Waals surface area contributed by atoms with Gasteiger partial charge >= 0.3 is 0 Å². The van der Waals surface area contributed by atoms with Gasteiger partial charge in [-0.15, -0.1) is 0 Å². The van der Waals surface area contributed by atoms with Gasteiger partial charge in [0.1, 0.15) is 11.4 Å². The summed E-state index contributed by atoms with van der Waals surface area (Å²) in [5.74, 6) is -0.502. The van der Waals surface area contributed by atoms with E-state index in [1.807, 2.05) is 11.9 Å². The van der Waals surface area contributed by atoms with Crippen LogP contribution in [0.3, 0.4) is 0 Å². The predicted molar refractivity (Wildman–Crippen MR) is 124 cm³/mol. The summed E-state index contributed by atoms with van der Waals surface area (Å²) in [6.07, 6.45) is 1.72. The highest BCUT2D eigenvalue weighted by atomic mass is 16.6. The minimum atomic E-state index is -0.494. The van der Waals surface area contributed by atoms with Crippen LogP contribution in [0.5, 0.6) is 5.75 Å². The van der Waals surface area contributed by atoms with Gasteiger partial charge in [-0.2, -0.15) is 0 Å². The van der Waals surface area contributed by atoms with Gasteiger partial charge in [-0.25, -0.2) is 4.90 Å². The molecule has 9 heteroatoms. The smallest absolute Gasteiger partial charge is 0.282 e. The van der Waals surface area contributed by atoms with Crippen LogP contribution >= 0.6 is 0 Å². The van der Waals surface area contributed by atoms with Crippen LogP contribution in [0.4, 0.5) is 11.4 Å². The normalized spacial score (nSPS) is 17.6. The lowest BCUT2D eigenvalue weighted by molar-refractivity contribution is -0.384. The first-order valence-corrected chi connectivity index (χ1v) is 10.8. The summed E-state index contributed by atoms with van der Waals surface area (Å²) in [5, 5.41) is 11.1. The number of hydrogen-bond acceptors (Lipinski definition) is 7. The van der Waals surface area contributed by atoms with Gasteiger partial charge in [-0.3, -0.25) is 19.7 Å². The second-order valence-corrected chi connectivity index (χ2v) is 8.29. The lowest BCUT2D eigenvalue weighted by Gasteiger charge is -2.36. The number of ether oxygens (including phenoxy) is 1. The third-order valence-corrected chi connectivity index (χ3v) is 6.34. The number of non-ortho nitro benzene ring substituents is 1. The second-order valence-electron chi connectivity index (χ2n) is 8.29. The summed E-state index contributed by atoms with van der Waals surface area (Å²) in [7, 11) is 5.39. The highest BCUT2D eigenvalue weighted by molar-refractivity contribution is 6.45. The van der Waals surface area contributed by atoms with E-state index in [0.29, 0.717) is 22.7 Å². The summed E-state index contributed by atoms with van der Waals surface area (Å²) < 4.78 is 5.40. The fraction of sp³-hybridized carbons (Fsp3) is 0.333. The average Bonchev–Trinajstić information content (AvgIpc) is 3.08. The zero-order valence-corrected chi connectivity index (χ0v) is 18.9. The number of amides is 2. The Hall–Kier alpha value is -3.72. The Morgan fingerprint density at radius 3 is 2.27 bits per heavy atom. The first-order chi connectivity index (χ1) is 15.8. The van der Waals surface area contributed by atoms with Crippen molar-refractivity contribution >= 4 is 28.8 Å². The molecule has 2 aromatic carbocycles. The van der Waals surface area contributed by atoms with Crippen LogP contribution in [-0.4, -0.2) is 66.9 Å². The number of carbonyl (C=O) groups excluding carboxylic acids is 2. The van der Waals surface area contributed by atoms with E-state index in [1.165, 1.54) is 31.4 Å². The standard InChI is InChI=1S/C24H26N4O5/c1-25-14-12-17(13-15-25)26(2)22-21(16-8-10-18(11-9-16)28(31)32)23(29)27(24(22)30)19-6-4-5-7-20(19)33-3/h4-11,17H,12-15H2,1-3H3. The van der Waals surface area contributed by atoms with E-state index in [2.05, 4.69) is 11.9 Å². The van der Waals surface area contributed by atoms with Gasteiger partial charge in [-0.05, 0) is 62.8 Å². The van der Waals surface area contributed by atoms with Crippen molar-refractivity contribution in [2.75, 3.05) is 39.2 Å². The monoisotopic (exact) mass is 450 g/mol. The van der Waals surface area contributed by atoms with Crippen LogP contribution in [0.2, 0.25) is 0 Å². The molecule has 1 fully saturated rings. The Morgan fingerprint density at radius 2 is 1.67 bits per heavy atom. The number of para-hydroxylation sites is 2. The van der Waals surface area contributed by atoms with Crippen LogP contribution in [0.15, 0.2) is 54.2 Å². The zero-order chi connectivity index (χ0) is 23.7. The zero-order valence-electron chi connectivity index (χ0n) is 18.9. The number of methoxy groups -OCH3 is 1. The Morgan fingerprint density at radius 1 is 1.03 bits per heavy atom. The molecule has 0 aliphatic carbocycles. The molecule has 0 aromatic heterocycles. The van der Waals surface area contributed by atoms with Crippen LogP contribution in [0, 0.1) is 10.1 Å². The van der Waals surface area contributed by atoms with Gasteiger partial charge in [0.05, 0.1) is 23.3 Å². The number of nitro groups is 1. The van der Waals surface area contributed by atoms with Gasteiger partial charge < -0.3 is 14.5 Å². The number of nitro benzene ring substituents is 1. The molecule has 0 saturated carbocycles. The van der Waals surface area contributed by atoms with Gasteiger partial charge in [-0.1, -0.05) is 12.1 Å². The van der Waals surface area contributed by atoms with E-state index in [0.717, 1.165) is 30.8 Å². The quantitative estimate of drug-likeness (QED) is 0.379. The number of likely N-dealkylation sites (N-methyl/N-ethyl adjacent to an activating group) is 1. The summed E-state index contributed by atoms with van der Waals surface area (Å²) in [6.45, 7) is 1.79. The molecule has 1 saturated heterocycles. The number of rotatable bonds is 6. The third-order valence-electron chi connectivity index (χ3n) is 6.34. The summed E-state index contributed by atoms with van der Waals surface area (Å²) in [4.78, 5) is 43.3. The van der Waals surface area contributed by atoms with Crippen molar-refractivity contribution < 1.29 is 19.2 Å². The molecule has 2 amide bonds. The summed E-state index contributed by atoms with van der Waals surface area (Å²) >= 11 is 0. The van der Waals surface area contributed by atoms with Crippen molar-refractivity contribution in [3.8, 4) is 5.75 Å². The molecule has 0 unspecified atom stereocenters. The molecular formula is C24H26N4O5. The maximum atomic E-state index is 13.7. The summed E-state index contributed by atoms with van der Waals surface area (Å²) in [5.41, 5.74) is 1.28. The van der Waals surface area contributed by atoms with Gasteiger partial charge in [0, 0.05) is 25.2 Å². The highest BCUT2D eigenvalue weighted by Crippen LogP contribution is 2.39. The first kappa shape index (κ1) is 22.5. The Kier molecular flexibility index (Phi) is 6.15. The highest BCUT2D eigenvalue weighted by Gasteiger charge is 2.44. The Bertz CT molecular complexity index is 1120. The molecule has 4 rings (SSSR count). The van der Waals surface area contributed by atoms with E-state index in [-0.39, 0.29) is 17.3 Å². The number of imide groups is 1. The molecule has 0 atom stereocenters. The number of anilines is 1. The van der Waals surface area contributed by atoms with Crippen LogP contribution in [0.25, 0.3) is 5.57 Å². The Labute approximate surface area is 192 Å². The Balaban J connectivity index is 1.81. The molecule has 2 aliphatic heterocycles. The van der Waals surface area contributed by atoms with E-state index >= 15 is 0 Å². The van der Waals surface area contributed by atoms with Crippen LogP contribution in [0.1, 0.15) is 18.4 Å². The largest absolute Gasteiger partial charge is 0.495 e. The lowest BCUT2D eigenvalue weighted by Crippen LogP contribution is -2.43. The first-order valence-electron chi connectivity index (χ1n) is 10.8. The minimum Gasteiger partial charge on any atom is -0.495 e. The van der Waals surface area contributed by atoms with Crippen molar-refractivity contribution in [1.29, 1.82) is 0 Å². The number of carbonyl (C=O) groups is 2. The fourth-order valence-corrected chi connectivity index (χ4v) is 4.45. The molecule has 172 valence electrons. The number of piperidine rings is 1. The number of nitrogens with zero attached hydrogens (tertiary/aromatic N) is 4. The second kappa shape index (κ2) is 9.03. The maximum Gasteiger partial charge on any atom is 0.282 e. The SMILES string of the molecule is COc1ccccc1N1C(=O)C(c2ccc([N+](=O)[O-])cc2)=C(N(C)C2CCN(C)CC2)C1=O. The van der Waals surface area contributed by atoms with E-state index in [1.54, 1.807) is 24.3 Å². The number of likely N-dealkylation sites (tertiary alicyclic amines) is 1. The molecule has 0 radical (unpaired) electrons. The average molecular weight is 450 g/mol. The van der Waals surface area contributed by atoms with E-state index in [4.69, 9.17) is 4.74 Å². The molecular weight excluding hydrogens is 424 g/mol. The third kappa shape index (κ3) is 4.07. The molecule has 33 heavy (non-hydrogen) atoms. The molecule has 2 aromatic rings. The molecule has 2 aliphatic rings. The van der Waals surface area contributed by atoms with Crippen molar-refractivity contribution in [2.24, 2.45) is 0 Å². The molecule has 0 N–H and O–H groups in total. The summed E-state index contributed by atoms with van der Waals surface area (Å²) in [6, 6.07) is 12.7. The van der Waals surface area contributed by atoms with Crippen molar-refractivity contribution in [3.05, 3.63) is 69.9 Å². The van der Waals surface area contributed by atoms with Gasteiger partial charge in [0.2, 0.25) is 0 Å². The fourth-order valence-electron chi connectivity index (χ4n) is 4.45. The van der Waals surface area contributed by atoms with Crippen molar-refractivity contribution in [2.45, 2.75) is 18.9 Å². The van der Waals surface area contributed by atoms with Crippen molar-refractivity contribution in [1.82, 2.24) is 9.80 Å². The molecule has 0 spiro atoms. The van der Waals surface area contributed by atoms with Gasteiger partial charge in [0.15, 0.2) is 0 Å². The molecule has 2 heterocycles. The predicted octanol–water partition coefficient (Wildman–Crippen LogP) is 2.91. The lowest BCUT2D eigenvalue weighted by atomic mass is 10.00. The van der Waals surface area contributed by atoms with Crippen LogP contribution < -0.4 is 9.64 Å². The number of benzene rings is 2. The molecule has 9 nitrogen and oxygen atoms in total. The topological polar surface area (TPSA) is 96.2 Å². The minimum absolute atomic E-state index is 0.0806. The molecule has 0 bridgehead atoms. The van der Waals surface area contributed by atoms with Crippen LogP contribution in [-0.2, 0) is 9.59 Å². The maximum absolute atomic E-state index is 13.7. The number of hydrogen-bond donors (Lipinski definition) is 0. The van der Waals surface area contributed by atoms with Crippen molar-refractivity contribution in [3.63, 3.8) is 0 Å². The van der Waals surface area contributed by atoms with Gasteiger partial charge in [0.25, 0.3) is 17.5 Å². The van der Waals surface area contributed by atoms with E-state index < -0.39 is 16.7 Å².